The summed E-state index contributed by atoms with van der Waals surface area (Å²) in [6.45, 7) is 8.85. The van der Waals surface area contributed by atoms with Crippen LogP contribution >= 0.6 is 0 Å². The number of hydrogen-bond donors (Lipinski definition) is 0. The van der Waals surface area contributed by atoms with Crippen molar-refractivity contribution in [1.29, 1.82) is 0 Å². The third kappa shape index (κ3) is 3.39. The number of allylic oxidation sites excluding steroid dienone is 3. The molecule has 0 aromatic heterocycles. The summed E-state index contributed by atoms with van der Waals surface area (Å²) in [5, 5.41) is 0. The Morgan fingerprint density at radius 3 is 2.18 bits per heavy atom. The number of sulfone groups is 1. The van der Waals surface area contributed by atoms with Gasteiger partial charge in [0, 0.05) is 0 Å². The van der Waals surface area contributed by atoms with Crippen molar-refractivity contribution in [1.82, 2.24) is 0 Å². The van der Waals surface area contributed by atoms with E-state index in [0.29, 0.717) is 0 Å². The third-order valence-corrected chi connectivity index (χ3v) is 3.74. The highest BCUT2D eigenvalue weighted by Gasteiger charge is 2.16. The lowest BCUT2D eigenvalue weighted by Gasteiger charge is -2.03. The van der Waals surface area contributed by atoms with Crippen molar-refractivity contribution in [3.63, 3.8) is 0 Å². The summed E-state index contributed by atoms with van der Waals surface area (Å²) >= 11 is 0. The van der Waals surface area contributed by atoms with Gasteiger partial charge in [0.15, 0.2) is 0 Å². The molecular formula is C13H13FO2S. The van der Waals surface area contributed by atoms with Gasteiger partial charge in [0.05, 0.1) is 9.80 Å². The molecule has 0 fully saturated rings. The number of benzene rings is 1. The molecule has 1 rings (SSSR count). The highest BCUT2D eigenvalue weighted by Crippen LogP contribution is 2.19. The molecule has 4 heteroatoms. The van der Waals surface area contributed by atoms with E-state index in [1.807, 2.05) is 0 Å². The predicted octanol–water partition coefficient (Wildman–Crippen LogP) is 3.25. The van der Waals surface area contributed by atoms with E-state index in [-0.39, 0.29) is 9.80 Å². The molecule has 90 valence electrons. The second kappa shape index (κ2) is 5.10. The molecule has 2 nitrogen and oxygen atoms in total. The minimum atomic E-state index is -3.64. The van der Waals surface area contributed by atoms with Crippen molar-refractivity contribution in [3.8, 4) is 0 Å². The van der Waals surface area contributed by atoms with Gasteiger partial charge in [-0.25, -0.2) is 12.8 Å². The van der Waals surface area contributed by atoms with Gasteiger partial charge in [-0.2, -0.15) is 0 Å². The van der Waals surface area contributed by atoms with Crippen molar-refractivity contribution in [2.24, 2.45) is 0 Å². The van der Waals surface area contributed by atoms with Crippen LogP contribution in [-0.4, -0.2) is 8.42 Å². The number of hydrogen-bond acceptors (Lipinski definition) is 2. The molecule has 0 saturated heterocycles. The lowest BCUT2D eigenvalue weighted by atomic mass is 10.3. The van der Waals surface area contributed by atoms with Gasteiger partial charge in [-0.3, -0.25) is 0 Å². The first-order chi connectivity index (χ1) is 7.84. The SMILES string of the molecule is C=C(C)/C=C\C(=C)S(=O)(=O)c1ccc(F)cc1. The van der Waals surface area contributed by atoms with Crippen molar-refractivity contribution in [2.75, 3.05) is 0 Å². The molecule has 0 bridgehead atoms. The first-order valence-corrected chi connectivity index (χ1v) is 6.35. The van der Waals surface area contributed by atoms with E-state index in [9.17, 15) is 12.8 Å². The van der Waals surface area contributed by atoms with Crippen molar-refractivity contribution in [2.45, 2.75) is 11.8 Å². The van der Waals surface area contributed by atoms with Crippen LogP contribution in [0.25, 0.3) is 0 Å². The van der Waals surface area contributed by atoms with E-state index in [1.165, 1.54) is 18.2 Å². The third-order valence-electron chi connectivity index (χ3n) is 2.02. The highest BCUT2D eigenvalue weighted by molar-refractivity contribution is 7.95. The Morgan fingerprint density at radius 2 is 1.71 bits per heavy atom. The van der Waals surface area contributed by atoms with Crippen LogP contribution in [0.3, 0.4) is 0 Å². The Kier molecular flexibility index (Phi) is 4.02. The summed E-state index contributed by atoms with van der Waals surface area (Å²) in [5.74, 6) is -0.480. The normalized spacial score (nSPS) is 11.6. The van der Waals surface area contributed by atoms with Gasteiger partial charge in [-0.05, 0) is 37.3 Å². The summed E-state index contributed by atoms with van der Waals surface area (Å²) in [5.41, 5.74) is 0.723. The fourth-order valence-electron chi connectivity index (χ4n) is 1.09. The second-order valence-electron chi connectivity index (χ2n) is 3.60. The summed E-state index contributed by atoms with van der Waals surface area (Å²) in [4.78, 5) is -0.0256. The lowest BCUT2D eigenvalue weighted by Crippen LogP contribution is -2.02. The number of halogens is 1. The van der Waals surface area contributed by atoms with Crippen LogP contribution in [0.1, 0.15) is 6.92 Å². The highest BCUT2D eigenvalue weighted by atomic mass is 32.2. The maximum Gasteiger partial charge on any atom is 0.206 e. The monoisotopic (exact) mass is 252 g/mol. The van der Waals surface area contributed by atoms with Crippen molar-refractivity contribution >= 4 is 9.84 Å². The molecule has 0 aliphatic carbocycles. The molecule has 0 amide bonds. The maximum absolute atomic E-state index is 12.7. The van der Waals surface area contributed by atoms with Crippen LogP contribution in [0.4, 0.5) is 4.39 Å². The first kappa shape index (κ1) is 13.4. The zero-order valence-corrected chi connectivity index (χ0v) is 10.3. The van der Waals surface area contributed by atoms with Crippen LogP contribution in [0, 0.1) is 5.82 Å². The maximum atomic E-state index is 12.7. The molecular weight excluding hydrogens is 239 g/mol. The molecule has 0 N–H and O–H groups in total. The Morgan fingerprint density at radius 1 is 1.18 bits per heavy atom. The largest absolute Gasteiger partial charge is 0.219 e. The molecule has 0 atom stereocenters. The van der Waals surface area contributed by atoms with Crippen LogP contribution in [0.5, 0.6) is 0 Å². The summed E-state index contributed by atoms with van der Waals surface area (Å²) in [6.07, 6.45) is 2.93. The lowest BCUT2D eigenvalue weighted by molar-refractivity contribution is 0.601. The molecule has 0 radical (unpaired) electrons. The molecule has 0 aliphatic rings. The quantitative estimate of drug-likeness (QED) is 0.609. The topological polar surface area (TPSA) is 34.1 Å². The molecule has 0 unspecified atom stereocenters. The van der Waals surface area contributed by atoms with E-state index in [1.54, 1.807) is 13.0 Å². The first-order valence-electron chi connectivity index (χ1n) is 4.87. The van der Waals surface area contributed by atoms with Gasteiger partial charge in [-0.15, -0.1) is 0 Å². The van der Waals surface area contributed by atoms with Gasteiger partial charge >= 0.3 is 0 Å². The Balaban J connectivity index is 3.08. The molecule has 1 aromatic carbocycles. The predicted molar refractivity (Wildman–Crippen MR) is 66.7 cm³/mol. The molecule has 0 saturated carbocycles. The van der Waals surface area contributed by atoms with E-state index >= 15 is 0 Å². The molecule has 0 spiro atoms. The minimum Gasteiger partial charge on any atom is -0.219 e. The smallest absolute Gasteiger partial charge is 0.206 e. The standard InChI is InChI=1S/C13H13FO2S/c1-10(2)4-5-11(3)17(15,16)13-8-6-12(14)7-9-13/h4-9H,1,3H2,2H3/b5-4-. The minimum absolute atomic E-state index is 0.0234. The second-order valence-corrected chi connectivity index (χ2v) is 5.61. The molecule has 0 aliphatic heterocycles. The van der Waals surface area contributed by atoms with Crippen LogP contribution in [-0.2, 0) is 9.84 Å². The van der Waals surface area contributed by atoms with Crippen LogP contribution in [0.2, 0.25) is 0 Å². The Hall–Kier alpha value is -1.68. The molecule has 17 heavy (non-hydrogen) atoms. The molecule has 1 aromatic rings. The average Bonchev–Trinajstić information content (AvgIpc) is 2.26. The summed E-state index contributed by atoms with van der Waals surface area (Å²) < 4.78 is 36.6. The zero-order valence-electron chi connectivity index (χ0n) is 9.48. The van der Waals surface area contributed by atoms with Gasteiger partial charge < -0.3 is 0 Å². The van der Waals surface area contributed by atoms with E-state index < -0.39 is 15.7 Å². The zero-order chi connectivity index (χ0) is 13.1. The van der Waals surface area contributed by atoms with E-state index in [0.717, 1.165) is 17.7 Å². The summed E-state index contributed by atoms with van der Waals surface area (Å²) in [7, 11) is -3.64. The van der Waals surface area contributed by atoms with Gasteiger partial charge in [-0.1, -0.05) is 24.8 Å². The van der Waals surface area contributed by atoms with E-state index in [4.69, 9.17) is 0 Å². The number of rotatable bonds is 4. The molecule has 0 heterocycles. The van der Waals surface area contributed by atoms with Crippen molar-refractivity contribution < 1.29 is 12.8 Å². The fraction of sp³-hybridized carbons (Fsp3) is 0.0769. The van der Waals surface area contributed by atoms with Crippen LogP contribution < -0.4 is 0 Å². The van der Waals surface area contributed by atoms with Gasteiger partial charge in [0.2, 0.25) is 9.84 Å². The Bertz CT molecular complexity index is 566. The fourth-order valence-corrected chi connectivity index (χ4v) is 2.13. The average molecular weight is 252 g/mol. The van der Waals surface area contributed by atoms with Crippen LogP contribution in [0.15, 0.2) is 64.9 Å². The Labute approximate surface area is 101 Å². The summed E-state index contributed by atoms with van der Waals surface area (Å²) in [6, 6.07) is 4.63. The van der Waals surface area contributed by atoms with E-state index in [2.05, 4.69) is 13.2 Å². The van der Waals surface area contributed by atoms with Gasteiger partial charge in [0.1, 0.15) is 5.82 Å². The van der Waals surface area contributed by atoms with Crippen molar-refractivity contribution in [3.05, 3.63) is 65.9 Å². The van der Waals surface area contributed by atoms with Gasteiger partial charge in [0.25, 0.3) is 0 Å².